The zero-order valence-corrected chi connectivity index (χ0v) is 15.2. The molecule has 2 aromatic rings. The zero-order valence-electron chi connectivity index (χ0n) is 13.5. The molecule has 0 bridgehead atoms. The number of rotatable bonds is 6. The van der Waals surface area contributed by atoms with Gasteiger partial charge >= 0.3 is 0 Å². The lowest BCUT2D eigenvalue weighted by molar-refractivity contribution is 0.475. The molecule has 0 saturated carbocycles. The Morgan fingerprint density at radius 3 is 2.62 bits per heavy atom. The predicted octanol–water partition coefficient (Wildman–Crippen LogP) is 2.31. The lowest BCUT2D eigenvalue weighted by atomic mass is 9.91. The highest BCUT2D eigenvalue weighted by molar-refractivity contribution is 7.85. The Kier molecular flexibility index (Phi) is 5.30. The third-order valence-electron chi connectivity index (χ3n) is 3.03. The molecule has 0 fully saturated rings. The van der Waals surface area contributed by atoms with Crippen LogP contribution in [0.4, 0.5) is 16.6 Å². The van der Waals surface area contributed by atoms with Crippen molar-refractivity contribution < 1.29 is 13.0 Å². The topological polar surface area (TPSA) is 149 Å². The maximum atomic E-state index is 10.8. The molecular formula is C12H19N7O3S2. The molecule has 0 aliphatic carbocycles. The Morgan fingerprint density at radius 1 is 1.38 bits per heavy atom. The van der Waals surface area contributed by atoms with Gasteiger partial charge in [-0.15, -0.1) is 10.2 Å². The van der Waals surface area contributed by atoms with Crippen molar-refractivity contribution in [3.8, 4) is 0 Å². The summed E-state index contributed by atoms with van der Waals surface area (Å²) in [5.41, 5.74) is 6.82. The Balaban J connectivity index is 2.30. The number of hydrogen-bond donors (Lipinski definition) is 2. The number of aryl methyl sites for hydroxylation is 1. The van der Waals surface area contributed by atoms with Crippen LogP contribution in [0.3, 0.4) is 0 Å². The van der Waals surface area contributed by atoms with Crippen molar-refractivity contribution in [3.63, 3.8) is 0 Å². The van der Waals surface area contributed by atoms with Crippen molar-refractivity contribution in [1.29, 1.82) is 0 Å². The summed E-state index contributed by atoms with van der Waals surface area (Å²) >= 11 is 1.10. The normalized spacial score (nSPS) is 13.0. The van der Waals surface area contributed by atoms with E-state index in [1.807, 2.05) is 20.8 Å². The fraction of sp³-hybridized carbons (Fsp3) is 0.583. The first kappa shape index (κ1) is 18.4. The minimum absolute atomic E-state index is 0.182. The Morgan fingerprint density at radius 2 is 2.08 bits per heavy atom. The molecule has 0 aliphatic heterocycles. The number of anilines is 1. The van der Waals surface area contributed by atoms with Crippen molar-refractivity contribution >= 4 is 38.3 Å². The summed E-state index contributed by atoms with van der Waals surface area (Å²) in [5.74, 6) is -0.0813. The number of nitrogens with zero attached hydrogens (tertiary/aromatic N) is 6. The molecule has 3 N–H and O–H groups in total. The lowest BCUT2D eigenvalue weighted by Gasteiger charge is -2.15. The van der Waals surface area contributed by atoms with Gasteiger partial charge in [0.25, 0.3) is 10.1 Å². The zero-order chi connectivity index (χ0) is 18.0. The van der Waals surface area contributed by atoms with Crippen LogP contribution in [0.1, 0.15) is 32.9 Å². The molecule has 2 aromatic heterocycles. The molecule has 0 amide bonds. The summed E-state index contributed by atoms with van der Waals surface area (Å²) in [6.45, 7) is 6.12. The van der Waals surface area contributed by atoms with E-state index in [0.717, 1.165) is 11.5 Å². The van der Waals surface area contributed by atoms with E-state index >= 15 is 0 Å². The van der Waals surface area contributed by atoms with E-state index in [4.69, 9.17) is 10.3 Å². The van der Waals surface area contributed by atoms with E-state index in [2.05, 4.69) is 24.7 Å². The molecular weight excluding hydrogens is 354 g/mol. The molecule has 0 radical (unpaired) electrons. The van der Waals surface area contributed by atoms with Gasteiger partial charge in [0.2, 0.25) is 5.13 Å². The van der Waals surface area contributed by atoms with Gasteiger partial charge in [-0.3, -0.25) is 4.55 Å². The van der Waals surface area contributed by atoms with Gasteiger partial charge in [0.05, 0.1) is 11.4 Å². The van der Waals surface area contributed by atoms with Crippen LogP contribution >= 0.6 is 11.5 Å². The van der Waals surface area contributed by atoms with Crippen LogP contribution in [0.15, 0.2) is 16.6 Å². The predicted molar refractivity (Wildman–Crippen MR) is 90.5 cm³/mol. The number of nitrogens with two attached hydrogens (primary N) is 1. The largest absolute Gasteiger partial charge is 0.382 e. The maximum absolute atomic E-state index is 10.8. The average Bonchev–Trinajstić information content (AvgIpc) is 3.04. The first-order chi connectivity index (χ1) is 11.1. The fourth-order valence-electron chi connectivity index (χ4n) is 1.94. The summed E-state index contributed by atoms with van der Waals surface area (Å²) in [5, 5.41) is 13.0. The molecule has 0 atom stereocenters. The number of hydrogen-bond acceptors (Lipinski definition) is 9. The molecule has 0 spiro atoms. The number of azo groups is 1. The molecule has 132 valence electrons. The van der Waals surface area contributed by atoms with Gasteiger partial charge < -0.3 is 5.73 Å². The van der Waals surface area contributed by atoms with Gasteiger partial charge in [0, 0.05) is 23.5 Å². The minimum atomic E-state index is -4.02. The van der Waals surface area contributed by atoms with E-state index in [-0.39, 0.29) is 30.0 Å². The van der Waals surface area contributed by atoms with Crippen LogP contribution in [0.25, 0.3) is 0 Å². The summed E-state index contributed by atoms with van der Waals surface area (Å²) in [7, 11) is -4.02. The monoisotopic (exact) mass is 373 g/mol. The second-order valence-corrected chi connectivity index (χ2v) is 8.45. The van der Waals surface area contributed by atoms with Crippen LogP contribution in [0, 0.1) is 0 Å². The molecule has 2 rings (SSSR count). The third-order valence-corrected chi connectivity index (χ3v) is 4.39. The van der Waals surface area contributed by atoms with Crippen LogP contribution in [0.5, 0.6) is 0 Å². The Hall–Kier alpha value is -1.92. The van der Waals surface area contributed by atoms with Crippen molar-refractivity contribution in [2.24, 2.45) is 10.2 Å². The molecule has 0 saturated heterocycles. The fourth-order valence-corrected chi connectivity index (χ4v) is 2.79. The second-order valence-electron chi connectivity index (χ2n) is 6.12. The summed E-state index contributed by atoms with van der Waals surface area (Å²) in [6.07, 6.45) is 1.56. The molecule has 2 heterocycles. The maximum Gasteiger partial charge on any atom is 0.264 e. The minimum Gasteiger partial charge on any atom is -0.382 e. The van der Waals surface area contributed by atoms with Crippen molar-refractivity contribution in [1.82, 2.24) is 19.1 Å². The molecule has 0 aromatic carbocycles. The molecule has 24 heavy (non-hydrogen) atoms. The first-order valence-electron chi connectivity index (χ1n) is 7.08. The number of nitrogen functional groups attached to an aromatic ring is 1. The van der Waals surface area contributed by atoms with Crippen LogP contribution in [-0.4, -0.2) is 37.9 Å². The van der Waals surface area contributed by atoms with E-state index in [1.54, 1.807) is 0 Å². The van der Waals surface area contributed by atoms with E-state index in [1.165, 1.54) is 11.0 Å². The van der Waals surface area contributed by atoms with Crippen LogP contribution in [0.2, 0.25) is 0 Å². The van der Waals surface area contributed by atoms with E-state index in [9.17, 15) is 8.42 Å². The lowest BCUT2D eigenvalue weighted by Crippen LogP contribution is -2.14. The third kappa shape index (κ3) is 4.79. The highest BCUT2D eigenvalue weighted by Crippen LogP contribution is 2.36. The summed E-state index contributed by atoms with van der Waals surface area (Å²) < 4.78 is 35.8. The highest BCUT2D eigenvalue weighted by Gasteiger charge is 2.26. The molecule has 0 aliphatic rings. The molecule has 12 heteroatoms. The quantitative estimate of drug-likeness (QED) is 0.582. The smallest absolute Gasteiger partial charge is 0.264 e. The van der Waals surface area contributed by atoms with Gasteiger partial charge in [-0.2, -0.15) is 17.9 Å². The molecule has 0 unspecified atom stereocenters. The van der Waals surface area contributed by atoms with E-state index in [0.29, 0.717) is 16.5 Å². The second kappa shape index (κ2) is 6.91. The van der Waals surface area contributed by atoms with Crippen molar-refractivity contribution in [2.45, 2.75) is 39.2 Å². The van der Waals surface area contributed by atoms with Crippen LogP contribution in [-0.2, 0) is 22.1 Å². The average molecular weight is 373 g/mol. The van der Waals surface area contributed by atoms with Gasteiger partial charge in [0.1, 0.15) is 12.1 Å². The number of aromatic nitrogens is 4. The van der Waals surface area contributed by atoms with Gasteiger partial charge in [-0.25, -0.2) is 9.67 Å². The van der Waals surface area contributed by atoms with Gasteiger partial charge in [0.15, 0.2) is 5.69 Å². The first-order valence-corrected chi connectivity index (χ1v) is 9.46. The summed E-state index contributed by atoms with van der Waals surface area (Å²) in [4.78, 5) is 3.92. The Bertz CT molecular complexity index is 820. The SMILES string of the molecule is CC(C)(C)c1nn(CCCS(=O)(=O)O)c(N)c1N=Nc1ncns1. The Labute approximate surface area is 143 Å². The van der Waals surface area contributed by atoms with E-state index < -0.39 is 10.1 Å². The summed E-state index contributed by atoms with van der Waals surface area (Å²) in [6, 6.07) is 0. The van der Waals surface area contributed by atoms with Gasteiger partial charge in [-0.1, -0.05) is 20.8 Å². The molecule has 10 nitrogen and oxygen atoms in total. The van der Waals surface area contributed by atoms with Crippen molar-refractivity contribution in [2.75, 3.05) is 11.5 Å². The van der Waals surface area contributed by atoms with Crippen LogP contribution < -0.4 is 5.73 Å². The van der Waals surface area contributed by atoms with Crippen molar-refractivity contribution in [3.05, 3.63) is 12.0 Å². The standard InChI is InChI=1S/C12H19N7O3S2/c1-12(2,3)9-8(16-17-11-14-7-15-23-11)10(13)19(18-9)5-4-6-24(20,21)22/h7H,4-6,13H2,1-3H3,(H,20,21,22). The van der Waals surface area contributed by atoms with Gasteiger partial charge in [-0.05, 0) is 6.42 Å². The highest BCUT2D eigenvalue weighted by atomic mass is 32.2.